The number of hydrogen-bond acceptors (Lipinski definition) is 3. The van der Waals surface area contributed by atoms with Crippen LogP contribution in [-0.4, -0.2) is 30.0 Å². The molecule has 5 nitrogen and oxygen atoms in total. The number of rotatable bonds is 7. The van der Waals surface area contributed by atoms with Crippen molar-refractivity contribution >= 4 is 29.4 Å². The second-order valence-corrected chi connectivity index (χ2v) is 6.09. The van der Waals surface area contributed by atoms with Crippen LogP contribution >= 0.6 is 11.8 Å². The SMILES string of the molecule is CSCC[C@@H](NC(N)=O)C(=O)Nc1ccc(C(C)C)cc1. The van der Waals surface area contributed by atoms with Crippen LogP contribution < -0.4 is 16.4 Å². The minimum absolute atomic E-state index is 0.250. The molecule has 116 valence electrons. The van der Waals surface area contributed by atoms with Crippen molar-refractivity contribution < 1.29 is 9.59 Å². The maximum atomic E-state index is 12.2. The first-order valence-electron chi connectivity index (χ1n) is 6.89. The van der Waals surface area contributed by atoms with Gasteiger partial charge in [-0.1, -0.05) is 26.0 Å². The summed E-state index contributed by atoms with van der Waals surface area (Å²) in [6.07, 6.45) is 2.49. The topological polar surface area (TPSA) is 84.2 Å². The quantitative estimate of drug-likeness (QED) is 0.723. The predicted octanol–water partition coefficient (Wildman–Crippen LogP) is 2.54. The number of hydrogen-bond donors (Lipinski definition) is 3. The Balaban J connectivity index is 2.68. The van der Waals surface area contributed by atoms with Gasteiger partial charge >= 0.3 is 6.03 Å². The van der Waals surface area contributed by atoms with Crippen molar-refractivity contribution in [1.29, 1.82) is 0 Å². The number of benzene rings is 1. The Hall–Kier alpha value is -1.69. The first-order chi connectivity index (χ1) is 9.93. The Bertz CT molecular complexity index is 474. The molecule has 0 aliphatic carbocycles. The van der Waals surface area contributed by atoms with E-state index >= 15 is 0 Å². The number of urea groups is 1. The number of carbonyl (C=O) groups is 2. The second-order valence-electron chi connectivity index (χ2n) is 5.11. The Morgan fingerprint density at radius 1 is 1.24 bits per heavy atom. The minimum atomic E-state index is -0.689. The molecular formula is C15H23N3O2S. The molecule has 0 aromatic heterocycles. The van der Waals surface area contributed by atoms with E-state index in [1.165, 1.54) is 5.56 Å². The molecule has 0 bridgehead atoms. The largest absolute Gasteiger partial charge is 0.352 e. The average molecular weight is 309 g/mol. The van der Waals surface area contributed by atoms with E-state index in [1.54, 1.807) is 11.8 Å². The maximum Gasteiger partial charge on any atom is 0.312 e. The van der Waals surface area contributed by atoms with Crippen molar-refractivity contribution in [2.45, 2.75) is 32.2 Å². The maximum absolute atomic E-state index is 12.2. The molecule has 0 radical (unpaired) electrons. The molecule has 0 saturated carbocycles. The van der Waals surface area contributed by atoms with Gasteiger partial charge in [0.15, 0.2) is 0 Å². The van der Waals surface area contributed by atoms with Gasteiger partial charge in [0.25, 0.3) is 0 Å². The third-order valence-corrected chi connectivity index (χ3v) is 3.73. The lowest BCUT2D eigenvalue weighted by atomic mass is 10.0. The lowest BCUT2D eigenvalue weighted by molar-refractivity contribution is -0.117. The molecule has 0 heterocycles. The molecule has 4 N–H and O–H groups in total. The molecule has 0 fully saturated rings. The first-order valence-corrected chi connectivity index (χ1v) is 8.29. The predicted molar refractivity (Wildman–Crippen MR) is 88.7 cm³/mol. The van der Waals surface area contributed by atoms with Crippen LogP contribution in [0.1, 0.15) is 31.7 Å². The van der Waals surface area contributed by atoms with Gasteiger partial charge in [0.2, 0.25) is 5.91 Å². The third-order valence-electron chi connectivity index (χ3n) is 3.09. The summed E-state index contributed by atoms with van der Waals surface area (Å²) in [5.41, 5.74) is 7.04. The highest BCUT2D eigenvalue weighted by atomic mass is 32.2. The van der Waals surface area contributed by atoms with Gasteiger partial charge in [-0.3, -0.25) is 4.79 Å². The summed E-state index contributed by atoms with van der Waals surface area (Å²) in [5, 5.41) is 5.28. The number of nitrogens with one attached hydrogen (secondary N) is 2. The van der Waals surface area contributed by atoms with E-state index < -0.39 is 12.1 Å². The standard InChI is InChI=1S/C15H23N3O2S/c1-10(2)11-4-6-12(7-5-11)17-14(19)13(8-9-21-3)18-15(16)20/h4-7,10,13H,8-9H2,1-3H3,(H,17,19)(H3,16,18,20)/t13-/m1/s1. The molecule has 0 spiro atoms. The van der Waals surface area contributed by atoms with Crippen molar-refractivity contribution in [2.24, 2.45) is 5.73 Å². The highest BCUT2D eigenvalue weighted by Crippen LogP contribution is 2.17. The molecule has 21 heavy (non-hydrogen) atoms. The number of anilines is 1. The van der Waals surface area contributed by atoms with Crippen LogP contribution in [0.4, 0.5) is 10.5 Å². The van der Waals surface area contributed by atoms with E-state index in [2.05, 4.69) is 24.5 Å². The van der Waals surface area contributed by atoms with Crippen LogP contribution in [0.15, 0.2) is 24.3 Å². The highest BCUT2D eigenvalue weighted by molar-refractivity contribution is 7.98. The molecule has 1 aromatic rings. The van der Waals surface area contributed by atoms with E-state index in [0.717, 1.165) is 5.75 Å². The lowest BCUT2D eigenvalue weighted by Crippen LogP contribution is -2.46. The summed E-state index contributed by atoms with van der Waals surface area (Å²) >= 11 is 1.61. The van der Waals surface area contributed by atoms with Crippen molar-refractivity contribution in [3.63, 3.8) is 0 Å². The van der Waals surface area contributed by atoms with Crippen LogP contribution in [0.5, 0.6) is 0 Å². The van der Waals surface area contributed by atoms with E-state index in [0.29, 0.717) is 18.0 Å². The third kappa shape index (κ3) is 6.08. The van der Waals surface area contributed by atoms with Crippen LogP contribution in [0.2, 0.25) is 0 Å². The van der Waals surface area contributed by atoms with E-state index in [9.17, 15) is 9.59 Å². The van der Waals surface area contributed by atoms with Crippen LogP contribution in [0.3, 0.4) is 0 Å². The highest BCUT2D eigenvalue weighted by Gasteiger charge is 2.19. The van der Waals surface area contributed by atoms with Crippen molar-refractivity contribution in [3.05, 3.63) is 29.8 Å². The number of primary amides is 1. The molecule has 1 aromatic carbocycles. The number of carbonyl (C=O) groups excluding carboxylic acids is 2. The molecule has 0 aliphatic rings. The zero-order valence-corrected chi connectivity index (χ0v) is 13.5. The summed E-state index contributed by atoms with van der Waals surface area (Å²) in [4.78, 5) is 23.2. The van der Waals surface area contributed by atoms with E-state index in [-0.39, 0.29) is 5.91 Å². The number of nitrogens with two attached hydrogens (primary N) is 1. The monoisotopic (exact) mass is 309 g/mol. The van der Waals surface area contributed by atoms with Crippen LogP contribution in [0, 0.1) is 0 Å². The first kappa shape index (κ1) is 17.4. The molecule has 6 heteroatoms. The van der Waals surface area contributed by atoms with Gasteiger partial charge in [-0.25, -0.2) is 4.79 Å². The molecule has 0 unspecified atom stereocenters. The smallest absolute Gasteiger partial charge is 0.312 e. The Morgan fingerprint density at radius 2 is 1.86 bits per heavy atom. The van der Waals surface area contributed by atoms with Crippen LogP contribution in [-0.2, 0) is 4.79 Å². The second kappa shape index (κ2) is 8.56. The number of amides is 3. The molecule has 3 amide bonds. The number of thioether (sulfide) groups is 1. The van der Waals surface area contributed by atoms with Gasteiger partial charge in [-0.2, -0.15) is 11.8 Å². The summed E-state index contributed by atoms with van der Waals surface area (Å²) in [6, 6.07) is 6.40. The fourth-order valence-electron chi connectivity index (χ4n) is 1.86. The van der Waals surface area contributed by atoms with Crippen molar-refractivity contribution in [2.75, 3.05) is 17.3 Å². The summed E-state index contributed by atoms with van der Waals surface area (Å²) < 4.78 is 0. The summed E-state index contributed by atoms with van der Waals surface area (Å²) in [5.74, 6) is 0.964. The fourth-order valence-corrected chi connectivity index (χ4v) is 2.33. The lowest BCUT2D eigenvalue weighted by Gasteiger charge is -2.17. The zero-order valence-electron chi connectivity index (χ0n) is 12.7. The van der Waals surface area contributed by atoms with E-state index in [1.807, 2.05) is 30.5 Å². The van der Waals surface area contributed by atoms with Crippen molar-refractivity contribution in [3.8, 4) is 0 Å². The van der Waals surface area contributed by atoms with Gasteiger partial charge in [0.1, 0.15) is 6.04 Å². The molecule has 0 saturated heterocycles. The molecule has 0 aliphatic heterocycles. The molecule has 1 rings (SSSR count). The molecular weight excluding hydrogens is 286 g/mol. The Labute approximate surface area is 130 Å². The summed E-state index contributed by atoms with van der Waals surface area (Å²) in [6.45, 7) is 4.23. The summed E-state index contributed by atoms with van der Waals surface area (Å²) in [7, 11) is 0. The fraction of sp³-hybridized carbons (Fsp3) is 0.467. The van der Waals surface area contributed by atoms with E-state index in [4.69, 9.17) is 5.73 Å². The average Bonchev–Trinajstić information content (AvgIpc) is 2.43. The van der Waals surface area contributed by atoms with Gasteiger partial charge in [0.05, 0.1) is 0 Å². The van der Waals surface area contributed by atoms with Gasteiger partial charge in [-0.15, -0.1) is 0 Å². The van der Waals surface area contributed by atoms with Crippen molar-refractivity contribution in [1.82, 2.24) is 5.32 Å². The Morgan fingerprint density at radius 3 is 2.33 bits per heavy atom. The molecule has 1 atom stereocenters. The van der Waals surface area contributed by atoms with Gasteiger partial charge in [-0.05, 0) is 42.0 Å². The van der Waals surface area contributed by atoms with Gasteiger partial charge in [0, 0.05) is 5.69 Å². The normalized spacial score (nSPS) is 12.0. The van der Waals surface area contributed by atoms with Crippen LogP contribution in [0.25, 0.3) is 0 Å². The van der Waals surface area contributed by atoms with Gasteiger partial charge < -0.3 is 16.4 Å². The zero-order chi connectivity index (χ0) is 15.8. The Kier molecular flexibility index (Phi) is 7.08. The minimum Gasteiger partial charge on any atom is -0.352 e.